The van der Waals surface area contributed by atoms with Crippen molar-refractivity contribution in [2.75, 3.05) is 0 Å². The van der Waals surface area contributed by atoms with Gasteiger partial charge in [-0.3, -0.25) is 0 Å². The first-order valence-electron chi connectivity index (χ1n) is 4.33. The number of terminal acetylenes is 1. The van der Waals surface area contributed by atoms with Crippen molar-refractivity contribution in [2.24, 2.45) is 0 Å². The second kappa shape index (κ2) is 15.8. The summed E-state index contributed by atoms with van der Waals surface area (Å²) in [6.07, 6.45) is 17.0. The predicted molar refractivity (Wildman–Crippen MR) is 48.9 cm³/mol. The van der Waals surface area contributed by atoms with Crippen LogP contribution in [0.4, 0.5) is 0 Å². The van der Waals surface area contributed by atoms with E-state index < -0.39 is 0 Å². The van der Waals surface area contributed by atoms with Crippen molar-refractivity contribution in [3.8, 4) is 12.8 Å². The molecule has 0 amide bonds. The average Bonchev–Trinajstić information content (AvgIpc) is 2.14. The lowest BCUT2D eigenvalue weighted by atomic mass is 10.0. The van der Waals surface area contributed by atoms with Crippen LogP contribution in [0.5, 0.6) is 0 Å². The molecule has 1 rings (SSSR count). The van der Waals surface area contributed by atoms with E-state index in [0.717, 1.165) is 0 Å². The average molecular weight is 140 g/mol. The molecule has 0 aromatic carbocycles. The van der Waals surface area contributed by atoms with Crippen LogP contribution in [-0.4, -0.2) is 0 Å². The van der Waals surface area contributed by atoms with Crippen LogP contribution in [0, 0.1) is 12.8 Å². The third-order valence-electron chi connectivity index (χ3n) is 1.50. The van der Waals surface area contributed by atoms with E-state index in [-0.39, 0.29) is 0 Å². The van der Waals surface area contributed by atoms with Gasteiger partial charge in [0.1, 0.15) is 0 Å². The molecule has 0 N–H and O–H groups in total. The van der Waals surface area contributed by atoms with Crippen LogP contribution < -0.4 is 0 Å². The molecule has 1 saturated carbocycles. The fourth-order valence-electron chi connectivity index (χ4n) is 1.06. The molecule has 0 saturated heterocycles. The normalized spacial score (nSPS) is 15.2. The molecule has 0 heterocycles. The molecule has 0 aromatic rings. The summed E-state index contributed by atoms with van der Waals surface area (Å²) in [7, 11) is 0. The van der Waals surface area contributed by atoms with Crippen molar-refractivity contribution in [2.45, 2.75) is 52.4 Å². The van der Waals surface area contributed by atoms with E-state index in [0.29, 0.717) is 0 Å². The van der Waals surface area contributed by atoms with Crippen LogP contribution in [0.1, 0.15) is 52.4 Å². The first-order valence-corrected chi connectivity index (χ1v) is 4.33. The lowest BCUT2D eigenvalue weighted by Crippen LogP contribution is -1.85. The maximum Gasteiger partial charge on any atom is -0.0533 e. The van der Waals surface area contributed by atoms with Crippen molar-refractivity contribution >= 4 is 0 Å². The van der Waals surface area contributed by atoms with Gasteiger partial charge < -0.3 is 0 Å². The van der Waals surface area contributed by atoms with Crippen molar-refractivity contribution in [3.05, 3.63) is 0 Å². The Morgan fingerprint density at radius 1 is 0.600 bits per heavy atom. The Bertz CT molecular complexity index is 36.8. The molecule has 10 heavy (non-hydrogen) atoms. The fourth-order valence-corrected chi connectivity index (χ4v) is 1.06. The molecule has 0 aromatic heterocycles. The fraction of sp³-hybridized carbons (Fsp3) is 0.800. The zero-order valence-corrected chi connectivity index (χ0v) is 7.40. The Morgan fingerprint density at radius 2 is 0.700 bits per heavy atom. The van der Waals surface area contributed by atoms with Crippen molar-refractivity contribution in [1.82, 2.24) is 0 Å². The minimum absolute atomic E-state index is 1.50. The van der Waals surface area contributed by atoms with Gasteiger partial charge in [-0.15, -0.1) is 12.8 Å². The Balaban J connectivity index is 0. The first kappa shape index (κ1) is 12.3. The molecule has 0 aliphatic heterocycles. The van der Waals surface area contributed by atoms with E-state index >= 15 is 0 Å². The Kier molecular flexibility index (Phi) is 19.4. The highest BCUT2D eigenvalue weighted by Gasteiger charge is 1.95. The number of hydrogen-bond donors (Lipinski definition) is 0. The number of rotatable bonds is 0. The minimum Gasteiger partial charge on any atom is -0.124 e. The molecular formula is C10H20. The monoisotopic (exact) mass is 140 g/mol. The molecule has 60 valence electrons. The topological polar surface area (TPSA) is 0 Å². The summed E-state index contributed by atoms with van der Waals surface area (Å²) in [4.78, 5) is 0. The van der Waals surface area contributed by atoms with Gasteiger partial charge in [-0.05, 0) is 0 Å². The smallest absolute Gasteiger partial charge is 0.0533 e. The van der Waals surface area contributed by atoms with E-state index in [2.05, 4.69) is 12.8 Å². The minimum atomic E-state index is 1.50. The van der Waals surface area contributed by atoms with Gasteiger partial charge in [0.25, 0.3) is 0 Å². The second-order valence-electron chi connectivity index (χ2n) is 2.12. The summed E-state index contributed by atoms with van der Waals surface area (Å²) in [5.74, 6) is 0. The lowest BCUT2D eigenvalue weighted by Gasteiger charge is -2.05. The van der Waals surface area contributed by atoms with Gasteiger partial charge >= 0.3 is 0 Å². The summed E-state index contributed by atoms with van der Waals surface area (Å²) in [6.45, 7) is 4.00. The third-order valence-corrected chi connectivity index (χ3v) is 1.50. The molecule has 0 atom stereocenters. The molecule has 0 radical (unpaired) electrons. The summed E-state index contributed by atoms with van der Waals surface area (Å²) in [6, 6.07) is 0. The molecule has 0 nitrogen and oxygen atoms in total. The van der Waals surface area contributed by atoms with Gasteiger partial charge in [0.2, 0.25) is 0 Å². The highest BCUT2D eigenvalue weighted by Crippen LogP contribution is 2.15. The summed E-state index contributed by atoms with van der Waals surface area (Å²) >= 11 is 0. The molecule has 1 aliphatic carbocycles. The molecule has 1 aliphatic rings. The summed E-state index contributed by atoms with van der Waals surface area (Å²) in [5, 5.41) is 0. The molecule has 0 spiro atoms. The largest absolute Gasteiger partial charge is 0.124 e. The van der Waals surface area contributed by atoms with Crippen LogP contribution in [0.15, 0.2) is 0 Å². The van der Waals surface area contributed by atoms with Crippen LogP contribution in [0.25, 0.3) is 0 Å². The maximum atomic E-state index is 4.00. The Labute approximate surface area is 66.0 Å². The molecule has 1 fully saturated rings. The van der Waals surface area contributed by atoms with Crippen LogP contribution in [0.3, 0.4) is 0 Å². The van der Waals surface area contributed by atoms with Gasteiger partial charge in [0, 0.05) is 0 Å². The Morgan fingerprint density at radius 3 is 0.800 bits per heavy atom. The maximum absolute atomic E-state index is 4.00. The van der Waals surface area contributed by atoms with Gasteiger partial charge in [0.15, 0.2) is 0 Å². The summed E-state index contributed by atoms with van der Waals surface area (Å²) in [5.41, 5.74) is 0. The zero-order valence-electron chi connectivity index (χ0n) is 7.40. The van der Waals surface area contributed by atoms with E-state index in [1.807, 2.05) is 13.8 Å². The summed E-state index contributed by atoms with van der Waals surface area (Å²) < 4.78 is 0. The lowest BCUT2D eigenvalue weighted by molar-refractivity contribution is 0.504. The standard InChI is InChI=1S/C6H12.C2H6.C2H2/c1-2-4-6-5-3-1;2*1-2/h1-6H2;1-2H3;1-2H. The van der Waals surface area contributed by atoms with E-state index in [4.69, 9.17) is 0 Å². The highest BCUT2D eigenvalue weighted by molar-refractivity contribution is 4.51. The molecule has 0 unspecified atom stereocenters. The van der Waals surface area contributed by atoms with Crippen LogP contribution >= 0.6 is 0 Å². The first-order chi connectivity index (χ1) is 5.00. The number of hydrogen-bond acceptors (Lipinski definition) is 0. The van der Waals surface area contributed by atoms with Gasteiger partial charge in [-0.25, -0.2) is 0 Å². The van der Waals surface area contributed by atoms with Gasteiger partial charge in [-0.1, -0.05) is 52.4 Å². The molecule has 0 bridgehead atoms. The second-order valence-corrected chi connectivity index (χ2v) is 2.12. The van der Waals surface area contributed by atoms with Gasteiger partial charge in [-0.2, -0.15) is 0 Å². The van der Waals surface area contributed by atoms with Crippen molar-refractivity contribution < 1.29 is 0 Å². The van der Waals surface area contributed by atoms with Gasteiger partial charge in [0.05, 0.1) is 0 Å². The van der Waals surface area contributed by atoms with Crippen LogP contribution in [-0.2, 0) is 0 Å². The SMILES string of the molecule is C#C.C1CCCCC1.CC. The van der Waals surface area contributed by atoms with E-state index in [1.165, 1.54) is 38.5 Å². The quantitative estimate of drug-likeness (QED) is 0.451. The molecule has 0 heteroatoms. The van der Waals surface area contributed by atoms with Crippen LogP contribution in [0.2, 0.25) is 0 Å². The van der Waals surface area contributed by atoms with Crippen molar-refractivity contribution in [1.29, 1.82) is 0 Å². The molecular weight excluding hydrogens is 120 g/mol. The third kappa shape index (κ3) is 10.5. The van der Waals surface area contributed by atoms with E-state index in [1.54, 1.807) is 0 Å². The predicted octanol–water partition coefficient (Wildman–Crippen LogP) is 3.62. The Hall–Kier alpha value is -0.440. The highest BCUT2D eigenvalue weighted by atomic mass is 14.0. The zero-order chi connectivity index (χ0) is 8.24. The van der Waals surface area contributed by atoms with E-state index in [9.17, 15) is 0 Å². The van der Waals surface area contributed by atoms with Crippen molar-refractivity contribution in [3.63, 3.8) is 0 Å².